The molecule has 0 aliphatic carbocycles. The van der Waals surface area contributed by atoms with Crippen molar-refractivity contribution in [3.05, 3.63) is 41.2 Å². The third-order valence-electron chi connectivity index (χ3n) is 3.94. The molecule has 2 aromatic rings. The van der Waals surface area contributed by atoms with Gasteiger partial charge in [0.2, 0.25) is 0 Å². The molecule has 1 aromatic carbocycles. The number of hydrogen-bond acceptors (Lipinski definition) is 5. The van der Waals surface area contributed by atoms with E-state index in [1.54, 1.807) is 50.0 Å². The summed E-state index contributed by atoms with van der Waals surface area (Å²) in [4.78, 5) is 24.3. The molecule has 1 N–H and O–H groups in total. The van der Waals surface area contributed by atoms with Gasteiger partial charge in [-0.05, 0) is 38.5 Å². The van der Waals surface area contributed by atoms with E-state index in [0.29, 0.717) is 17.1 Å². The molecule has 0 fully saturated rings. The van der Waals surface area contributed by atoms with Crippen LogP contribution >= 0.6 is 0 Å². The molecule has 7 nitrogen and oxygen atoms in total. The number of benzene rings is 1. The second-order valence-electron chi connectivity index (χ2n) is 5.82. The normalized spacial score (nSPS) is 11.7. The summed E-state index contributed by atoms with van der Waals surface area (Å²) in [6.07, 6.45) is -0.809. The van der Waals surface area contributed by atoms with Crippen LogP contribution in [-0.4, -0.2) is 34.9 Å². The monoisotopic (exact) mass is 345 g/mol. The first-order chi connectivity index (χ1) is 11.8. The van der Waals surface area contributed by atoms with Crippen LogP contribution in [0.25, 0.3) is 0 Å². The Hall–Kier alpha value is -2.83. The fraction of sp³-hybridized carbons (Fsp3) is 0.389. The van der Waals surface area contributed by atoms with Gasteiger partial charge >= 0.3 is 5.97 Å². The molecule has 1 aromatic heterocycles. The zero-order chi connectivity index (χ0) is 18.6. The van der Waals surface area contributed by atoms with Crippen LogP contribution in [0.5, 0.6) is 5.75 Å². The molecule has 0 saturated carbocycles. The molecule has 0 spiro atoms. The highest BCUT2D eigenvalue weighted by molar-refractivity contribution is 5.96. The zero-order valence-electron chi connectivity index (χ0n) is 15.1. The molecule has 2 rings (SSSR count). The number of nitrogens with one attached hydrogen (secondary N) is 1. The van der Waals surface area contributed by atoms with Crippen molar-refractivity contribution in [1.29, 1.82) is 0 Å². The van der Waals surface area contributed by atoms with Gasteiger partial charge in [0.25, 0.3) is 5.91 Å². The van der Waals surface area contributed by atoms with E-state index in [4.69, 9.17) is 9.47 Å². The maximum Gasteiger partial charge on any atom is 0.311 e. The summed E-state index contributed by atoms with van der Waals surface area (Å²) < 4.78 is 12.0. The van der Waals surface area contributed by atoms with Crippen LogP contribution < -0.4 is 10.1 Å². The molecular formula is C18H23N3O4. The van der Waals surface area contributed by atoms with Gasteiger partial charge in [-0.15, -0.1) is 0 Å². The Labute approximate surface area is 146 Å². The van der Waals surface area contributed by atoms with Gasteiger partial charge in [-0.25, -0.2) is 0 Å². The summed E-state index contributed by atoms with van der Waals surface area (Å²) in [5.74, 6) is -0.137. The maximum absolute atomic E-state index is 12.3. The lowest BCUT2D eigenvalue weighted by atomic mass is 10.1. The van der Waals surface area contributed by atoms with E-state index in [1.165, 1.54) is 0 Å². The Balaban J connectivity index is 1.92. The van der Waals surface area contributed by atoms with Crippen molar-refractivity contribution in [3.8, 4) is 5.75 Å². The Morgan fingerprint density at radius 2 is 1.88 bits per heavy atom. The van der Waals surface area contributed by atoms with Crippen LogP contribution in [0.1, 0.15) is 23.9 Å². The van der Waals surface area contributed by atoms with Crippen LogP contribution in [0, 0.1) is 13.8 Å². The van der Waals surface area contributed by atoms with Crippen LogP contribution in [0.4, 0.5) is 5.69 Å². The van der Waals surface area contributed by atoms with Crippen molar-refractivity contribution in [2.24, 2.45) is 7.05 Å². The summed E-state index contributed by atoms with van der Waals surface area (Å²) in [5.41, 5.74) is 2.98. The number of hydrogen-bond donors (Lipinski definition) is 1. The van der Waals surface area contributed by atoms with Gasteiger partial charge in [0.1, 0.15) is 5.75 Å². The molecule has 0 radical (unpaired) electrons. The number of esters is 1. The highest BCUT2D eigenvalue weighted by Crippen LogP contribution is 2.19. The first kappa shape index (κ1) is 18.5. The quantitative estimate of drug-likeness (QED) is 0.811. The van der Waals surface area contributed by atoms with E-state index in [1.807, 2.05) is 13.8 Å². The minimum atomic E-state index is -0.898. The van der Waals surface area contributed by atoms with Gasteiger partial charge in [0.15, 0.2) is 6.10 Å². The minimum Gasteiger partial charge on any atom is -0.497 e. The Morgan fingerprint density at radius 3 is 2.40 bits per heavy atom. The van der Waals surface area contributed by atoms with Crippen LogP contribution in [0.3, 0.4) is 0 Å². The van der Waals surface area contributed by atoms with Crippen molar-refractivity contribution in [2.45, 2.75) is 33.3 Å². The van der Waals surface area contributed by atoms with E-state index in [-0.39, 0.29) is 12.3 Å². The van der Waals surface area contributed by atoms with Gasteiger partial charge in [-0.2, -0.15) is 5.10 Å². The number of nitrogens with zero attached hydrogens (tertiary/aromatic N) is 2. The molecule has 1 amide bonds. The SMILES string of the molecule is COc1ccc(CC(=O)O[C@H](C)C(=O)Nc2c(C)nn(C)c2C)cc1. The molecular weight excluding hydrogens is 322 g/mol. The molecule has 1 heterocycles. The fourth-order valence-corrected chi connectivity index (χ4v) is 2.38. The molecule has 0 aliphatic heterocycles. The molecule has 0 saturated heterocycles. The standard InChI is InChI=1S/C18H23N3O4/c1-11-17(12(2)21(4)20-11)19-18(23)13(3)25-16(22)10-14-6-8-15(24-5)9-7-14/h6-9,13H,10H2,1-5H3,(H,19,23)/t13-/m1/s1. The number of methoxy groups -OCH3 is 1. The number of ether oxygens (including phenoxy) is 2. The van der Waals surface area contributed by atoms with Crippen molar-refractivity contribution in [3.63, 3.8) is 0 Å². The molecule has 7 heteroatoms. The van der Waals surface area contributed by atoms with Crippen molar-refractivity contribution in [1.82, 2.24) is 9.78 Å². The predicted octanol–water partition coefficient (Wildman–Crippen LogP) is 2.16. The van der Waals surface area contributed by atoms with Gasteiger partial charge in [-0.1, -0.05) is 12.1 Å². The minimum absolute atomic E-state index is 0.0898. The third-order valence-corrected chi connectivity index (χ3v) is 3.94. The predicted molar refractivity (Wildman–Crippen MR) is 93.6 cm³/mol. The second-order valence-corrected chi connectivity index (χ2v) is 5.82. The van der Waals surface area contributed by atoms with Crippen molar-refractivity contribution < 1.29 is 19.1 Å². The van der Waals surface area contributed by atoms with Crippen LogP contribution in [0.15, 0.2) is 24.3 Å². The summed E-state index contributed by atoms with van der Waals surface area (Å²) in [6, 6.07) is 7.11. The van der Waals surface area contributed by atoms with E-state index < -0.39 is 12.1 Å². The number of amides is 1. The Bertz CT molecular complexity index is 765. The smallest absolute Gasteiger partial charge is 0.311 e. The maximum atomic E-state index is 12.3. The van der Waals surface area contributed by atoms with Crippen molar-refractivity contribution in [2.75, 3.05) is 12.4 Å². The third kappa shape index (κ3) is 4.59. The number of rotatable bonds is 6. The van der Waals surface area contributed by atoms with E-state index in [9.17, 15) is 9.59 Å². The van der Waals surface area contributed by atoms with Gasteiger partial charge in [-0.3, -0.25) is 14.3 Å². The van der Waals surface area contributed by atoms with Gasteiger partial charge < -0.3 is 14.8 Å². The number of aromatic nitrogens is 2. The fourth-order valence-electron chi connectivity index (χ4n) is 2.38. The summed E-state index contributed by atoms with van der Waals surface area (Å²) >= 11 is 0. The summed E-state index contributed by atoms with van der Waals surface area (Å²) in [7, 11) is 3.38. The lowest BCUT2D eigenvalue weighted by Gasteiger charge is -2.14. The first-order valence-corrected chi connectivity index (χ1v) is 7.95. The van der Waals surface area contributed by atoms with Gasteiger partial charge in [0, 0.05) is 7.05 Å². The highest BCUT2D eigenvalue weighted by atomic mass is 16.5. The number of carbonyl (C=O) groups excluding carboxylic acids is 2. The van der Waals surface area contributed by atoms with E-state index >= 15 is 0 Å². The number of anilines is 1. The summed E-state index contributed by atoms with van der Waals surface area (Å²) in [5, 5.41) is 7.01. The average molecular weight is 345 g/mol. The van der Waals surface area contributed by atoms with E-state index in [0.717, 1.165) is 11.3 Å². The second kappa shape index (κ2) is 7.83. The molecule has 0 aliphatic rings. The van der Waals surface area contributed by atoms with Crippen LogP contribution in [-0.2, 0) is 27.8 Å². The van der Waals surface area contributed by atoms with Crippen LogP contribution in [0.2, 0.25) is 0 Å². The molecule has 0 bridgehead atoms. The largest absolute Gasteiger partial charge is 0.497 e. The number of carbonyl (C=O) groups is 2. The summed E-state index contributed by atoms with van der Waals surface area (Å²) in [6.45, 7) is 5.21. The molecule has 134 valence electrons. The van der Waals surface area contributed by atoms with Gasteiger partial charge in [0.05, 0.1) is 30.6 Å². The highest BCUT2D eigenvalue weighted by Gasteiger charge is 2.21. The lowest BCUT2D eigenvalue weighted by Crippen LogP contribution is -2.30. The Morgan fingerprint density at radius 1 is 1.24 bits per heavy atom. The zero-order valence-corrected chi connectivity index (χ0v) is 15.1. The van der Waals surface area contributed by atoms with E-state index in [2.05, 4.69) is 10.4 Å². The molecule has 25 heavy (non-hydrogen) atoms. The molecule has 1 atom stereocenters. The molecule has 0 unspecified atom stereocenters. The Kier molecular flexibility index (Phi) is 5.80. The number of aryl methyl sites for hydroxylation is 2. The topological polar surface area (TPSA) is 82.4 Å². The average Bonchev–Trinajstić information content (AvgIpc) is 2.81. The lowest BCUT2D eigenvalue weighted by molar-refractivity contribution is -0.152. The first-order valence-electron chi connectivity index (χ1n) is 7.95. The van der Waals surface area contributed by atoms with Crippen molar-refractivity contribution >= 4 is 17.6 Å².